The van der Waals surface area contributed by atoms with Crippen molar-refractivity contribution in [3.63, 3.8) is 0 Å². The summed E-state index contributed by atoms with van der Waals surface area (Å²) < 4.78 is 30.0. The number of amides is 2. The average Bonchev–Trinajstić information content (AvgIpc) is 3.18. The molecule has 3 fully saturated rings. The molecule has 4 heterocycles. The maximum atomic E-state index is 12.6. The normalized spacial score (nSPS) is 26.6. The number of ether oxygens (including phenoxy) is 1. The van der Waals surface area contributed by atoms with Crippen molar-refractivity contribution in [3.05, 3.63) is 18.5 Å². The van der Waals surface area contributed by atoms with Gasteiger partial charge in [-0.1, -0.05) is 0 Å². The molecule has 1 aromatic heterocycles. The summed E-state index contributed by atoms with van der Waals surface area (Å²) in [7, 11) is -3.23. The Morgan fingerprint density at radius 3 is 2.56 bits per heavy atom. The summed E-state index contributed by atoms with van der Waals surface area (Å²) in [6, 6.07) is 1.92. The third kappa shape index (κ3) is 2.74. The number of carbonyl (C=O) groups is 1. The summed E-state index contributed by atoms with van der Waals surface area (Å²) >= 11 is 0. The quantitative estimate of drug-likeness (QED) is 0.776. The first-order valence-electron chi connectivity index (χ1n) is 8.68. The van der Waals surface area contributed by atoms with Gasteiger partial charge in [-0.25, -0.2) is 23.2 Å². The van der Waals surface area contributed by atoms with Crippen molar-refractivity contribution in [1.82, 2.24) is 19.8 Å². The molecular formula is C16H22N4O4S. The summed E-state index contributed by atoms with van der Waals surface area (Å²) in [6.07, 6.45) is 5.78. The molecule has 0 aromatic carbocycles. The zero-order valence-electron chi connectivity index (χ0n) is 14.0. The molecule has 136 valence electrons. The van der Waals surface area contributed by atoms with Gasteiger partial charge in [0.15, 0.2) is 9.84 Å². The van der Waals surface area contributed by atoms with E-state index in [-0.39, 0.29) is 43.4 Å². The number of aromatic nitrogens is 2. The van der Waals surface area contributed by atoms with E-state index in [1.807, 2.05) is 4.90 Å². The summed E-state index contributed by atoms with van der Waals surface area (Å²) in [5.74, 6) is 0.0199. The van der Waals surface area contributed by atoms with Gasteiger partial charge >= 0.3 is 12.0 Å². The highest BCUT2D eigenvalue weighted by Crippen LogP contribution is 2.45. The Morgan fingerprint density at radius 2 is 1.88 bits per heavy atom. The summed E-state index contributed by atoms with van der Waals surface area (Å²) in [5, 5.41) is 0. The minimum Gasteiger partial charge on any atom is -0.463 e. The van der Waals surface area contributed by atoms with Crippen LogP contribution in [0.5, 0.6) is 6.01 Å². The van der Waals surface area contributed by atoms with Crippen molar-refractivity contribution in [3.8, 4) is 6.01 Å². The fourth-order valence-electron chi connectivity index (χ4n) is 4.09. The Kier molecular flexibility index (Phi) is 4.05. The molecule has 2 amide bonds. The van der Waals surface area contributed by atoms with Gasteiger partial charge in [0.2, 0.25) is 0 Å². The minimum atomic E-state index is -3.23. The van der Waals surface area contributed by atoms with E-state index in [1.165, 1.54) is 0 Å². The lowest BCUT2D eigenvalue weighted by Gasteiger charge is -2.50. The monoisotopic (exact) mass is 366 g/mol. The van der Waals surface area contributed by atoms with Crippen molar-refractivity contribution in [2.75, 3.05) is 38.5 Å². The van der Waals surface area contributed by atoms with Gasteiger partial charge in [-0.15, -0.1) is 0 Å². The highest BCUT2D eigenvalue weighted by atomic mass is 32.2. The number of urea groups is 1. The van der Waals surface area contributed by atoms with Crippen LogP contribution < -0.4 is 4.74 Å². The molecular weight excluding hydrogens is 344 g/mol. The molecule has 0 unspecified atom stereocenters. The van der Waals surface area contributed by atoms with E-state index in [0.717, 1.165) is 25.9 Å². The van der Waals surface area contributed by atoms with E-state index in [0.29, 0.717) is 6.42 Å². The van der Waals surface area contributed by atoms with Crippen LogP contribution in [-0.4, -0.2) is 77.5 Å². The molecule has 25 heavy (non-hydrogen) atoms. The molecule has 1 aromatic rings. The van der Waals surface area contributed by atoms with Crippen molar-refractivity contribution in [2.45, 2.75) is 24.0 Å². The van der Waals surface area contributed by atoms with E-state index in [9.17, 15) is 13.2 Å². The second-order valence-corrected chi connectivity index (χ2v) is 9.50. The Morgan fingerprint density at radius 1 is 1.20 bits per heavy atom. The third-order valence-electron chi connectivity index (χ3n) is 5.62. The van der Waals surface area contributed by atoms with E-state index in [1.54, 1.807) is 23.4 Å². The van der Waals surface area contributed by atoms with Crippen molar-refractivity contribution in [2.24, 2.45) is 5.92 Å². The lowest BCUT2D eigenvalue weighted by molar-refractivity contribution is 0.0692. The van der Waals surface area contributed by atoms with Gasteiger partial charge in [0, 0.05) is 44.5 Å². The van der Waals surface area contributed by atoms with Gasteiger partial charge in [-0.3, -0.25) is 0 Å². The van der Waals surface area contributed by atoms with Gasteiger partial charge in [0.05, 0.1) is 12.4 Å². The molecule has 0 aliphatic carbocycles. The SMILES string of the molecule is O=C(N1CCCC1)N1CC2(C1)[C@H](COc1ncccn1)CCS2(=O)=O. The first-order chi connectivity index (χ1) is 12.0. The molecule has 1 atom stereocenters. The third-order valence-corrected chi connectivity index (χ3v) is 8.22. The van der Waals surface area contributed by atoms with Crippen LogP contribution in [0.3, 0.4) is 0 Å². The molecule has 1 spiro atoms. The highest BCUT2D eigenvalue weighted by Gasteiger charge is 2.63. The van der Waals surface area contributed by atoms with Gasteiger partial charge in [0.25, 0.3) is 0 Å². The van der Waals surface area contributed by atoms with E-state index in [4.69, 9.17) is 4.74 Å². The molecule has 3 aliphatic rings. The van der Waals surface area contributed by atoms with Crippen molar-refractivity contribution >= 4 is 15.9 Å². The average molecular weight is 366 g/mol. The Hall–Kier alpha value is -1.90. The van der Waals surface area contributed by atoms with Crippen molar-refractivity contribution < 1.29 is 17.9 Å². The van der Waals surface area contributed by atoms with Gasteiger partial charge < -0.3 is 14.5 Å². The van der Waals surface area contributed by atoms with E-state index in [2.05, 4.69) is 9.97 Å². The predicted octanol–water partition coefficient (Wildman–Crippen LogP) is 0.560. The van der Waals surface area contributed by atoms with Crippen LogP contribution in [0.25, 0.3) is 0 Å². The smallest absolute Gasteiger partial charge is 0.320 e. The van der Waals surface area contributed by atoms with Crippen LogP contribution in [0.15, 0.2) is 18.5 Å². The molecule has 0 saturated carbocycles. The van der Waals surface area contributed by atoms with E-state index < -0.39 is 14.6 Å². The van der Waals surface area contributed by atoms with Crippen LogP contribution >= 0.6 is 0 Å². The first-order valence-corrected chi connectivity index (χ1v) is 10.3. The fourth-order valence-corrected chi connectivity index (χ4v) is 6.49. The van der Waals surface area contributed by atoms with Crippen LogP contribution in [0.1, 0.15) is 19.3 Å². The number of nitrogens with zero attached hydrogens (tertiary/aromatic N) is 4. The number of rotatable bonds is 3. The second kappa shape index (κ2) is 6.12. The van der Waals surface area contributed by atoms with Crippen LogP contribution in [0.4, 0.5) is 4.79 Å². The molecule has 3 saturated heterocycles. The molecule has 9 heteroatoms. The maximum Gasteiger partial charge on any atom is 0.320 e. The molecule has 0 radical (unpaired) electrons. The van der Waals surface area contributed by atoms with E-state index >= 15 is 0 Å². The number of hydrogen-bond acceptors (Lipinski definition) is 6. The van der Waals surface area contributed by atoms with Crippen LogP contribution in [-0.2, 0) is 9.84 Å². The lowest BCUT2D eigenvalue weighted by atomic mass is 9.84. The molecule has 0 N–H and O–H groups in total. The van der Waals surface area contributed by atoms with Crippen LogP contribution in [0.2, 0.25) is 0 Å². The molecule has 3 aliphatic heterocycles. The Bertz CT molecular complexity index is 743. The molecule has 0 bridgehead atoms. The fraction of sp³-hybridized carbons (Fsp3) is 0.688. The van der Waals surface area contributed by atoms with Gasteiger partial charge in [0.1, 0.15) is 4.75 Å². The molecule has 4 rings (SSSR count). The van der Waals surface area contributed by atoms with Gasteiger partial charge in [-0.2, -0.15) is 0 Å². The Balaban J connectivity index is 1.44. The number of likely N-dealkylation sites (tertiary alicyclic amines) is 2. The number of hydrogen-bond donors (Lipinski definition) is 0. The highest BCUT2D eigenvalue weighted by molar-refractivity contribution is 7.93. The second-order valence-electron chi connectivity index (χ2n) is 7.04. The minimum absolute atomic E-state index is 0.0312. The van der Waals surface area contributed by atoms with Crippen molar-refractivity contribution in [1.29, 1.82) is 0 Å². The standard InChI is InChI=1S/C16H22N4O4S/c21-15(19-7-1-2-8-19)20-11-16(12-20)13(4-9-25(16,22)23)10-24-14-17-5-3-6-18-14/h3,5-6,13H,1-2,4,7-12H2/t13-/m0/s1. The lowest BCUT2D eigenvalue weighted by Crippen LogP contribution is -2.70. The maximum absolute atomic E-state index is 12.6. The summed E-state index contributed by atoms with van der Waals surface area (Å²) in [5.41, 5.74) is 0. The Labute approximate surface area is 147 Å². The largest absolute Gasteiger partial charge is 0.463 e. The van der Waals surface area contributed by atoms with Crippen LogP contribution in [0, 0.1) is 5.92 Å². The zero-order valence-corrected chi connectivity index (χ0v) is 14.8. The summed E-state index contributed by atoms with van der Waals surface area (Å²) in [4.78, 5) is 24.0. The number of sulfone groups is 1. The summed E-state index contributed by atoms with van der Waals surface area (Å²) in [6.45, 7) is 2.34. The predicted molar refractivity (Wildman–Crippen MR) is 89.9 cm³/mol. The van der Waals surface area contributed by atoms with Gasteiger partial charge in [-0.05, 0) is 25.3 Å². The first kappa shape index (κ1) is 16.6. The zero-order chi connectivity index (χ0) is 17.5. The number of carbonyl (C=O) groups excluding carboxylic acids is 1. The topological polar surface area (TPSA) is 92.7 Å². The molecule has 8 nitrogen and oxygen atoms in total.